The van der Waals surface area contributed by atoms with Gasteiger partial charge in [-0.15, -0.1) is 0 Å². The Morgan fingerprint density at radius 2 is 2.03 bits per heavy atom. The third-order valence-corrected chi connectivity index (χ3v) is 5.56. The molecule has 158 valence electrons. The molecule has 1 aliphatic carbocycles. The van der Waals surface area contributed by atoms with E-state index >= 15 is 0 Å². The van der Waals surface area contributed by atoms with Crippen LogP contribution in [0.4, 0.5) is 8.78 Å². The van der Waals surface area contributed by atoms with Gasteiger partial charge in [-0.2, -0.15) is 0 Å². The van der Waals surface area contributed by atoms with Gasteiger partial charge in [0.05, 0.1) is 12.7 Å². The van der Waals surface area contributed by atoms with E-state index in [2.05, 4.69) is 15.3 Å². The number of benzene rings is 1. The average molecular weight is 407 g/mol. The Morgan fingerprint density at radius 1 is 1.21 bits per heavy atom. The van der Waals surface area contributed by atoms with Gasteiger partial charge in [0.15, 0.2) is 11.6 Å². The highest BCUT2D eigenvalue weighted by atomic mass is 19.2. The van der Waals surface area contributed by atoms with Crippen molar-refractivity contribution in [2.24, 2.45) is 11.8 Å². The number of nitrogens with one attached hydrogen (secondary N) is 1. The zero-order valence-electron chi connectivity index (χ0n) is 16.4. The van der Waals surface area contributed by atoms with Crippen LogP contribution < -0.4 is 5.32 Å². The van der Waals surface area contributed by atoms with Gasteiger partial charge in [-0.25, -0.2) is 18.7 Å². The van der Waals surface area contributed by atoms with Gasteiger partial charge in [0, 0.05) is 50.5 Å². The molecule has 2 aromatic rings. The average Bonchev–Trinajstić information content (AvgIpc) is 3.01. The first-order valence-electron chi connectivity index (χ1n) is 9.77. The third kappa shape index (κ3) is 5.54. The van der Waals surface area contributed by atoms with Gasteiger partial charge >= 0.3 is 0 Å². The minimum atomic E-state index is -0.884. The monoisotopic (exact) mass is 407 g/mol. The Bertz CT molecular complexity index is 808. The van der Waals surface area contributed by atoms with Crippen molar-refractivity contribution in [1.82, 2.24) is 15.3 Å². The number of nitrogens with zero attached hydrogens (tertiary/aromatic N) is 2. The molecule has 3 rings (SSSR count). The molecule has 8 heteroatoms. The fourth-order valence-corrected chi connectivity index (χ4v) is 3.99. The molecule has 0 spiro atoms. The smallest absolute Gasteiger partial charge is 0.159 e. The van der Waals surface area contributed by atoms with Crippen molar-refractivity contribution in [1.29, 1.82) is 0 Å². The number of hydrogen-bond acceptors (Lipinski definition) is 6. The standard InChI is InChI=1S/C21H27F2N3O3/c1-29-7-5-21-24-6-4-14(26-21)9-15-16(12-27)20(28)10-19(15)25-11-13-2-3-17(22)18(23)8-13/h2-4,6,8,15-16,19-20,25,27-28H,5,7,9-12H2,1H3. The van der Waals surface area contributed by atoms with Gasteiger partial charge in [-0.05, 0) is 42.5 Å². The summed E-state index contributed by atoms with van der Waals surface area (Å²) in [7, 11) is 1.62. The van der Waals surface area contributed by atoms with Crippen LogP contribution in [0.5, 0.6) is 0 Å². The number of ether oxygens (including phenoxy) is 1. The number of aliphatic hydroxyl groups is 2. The summed E-state index contributed by atoms with van der Waals surface area (Å²) in [5.41, 5.74) is 1.46. The normalized spacial score (nSPS) is 24.2. The first-order valence-corrected chi connectivity index (χ1v) is 9.77. The maximum atomic E-state index is 13.5. The molecule has 0 aliphatic heterocycles. The van der Waals surface area contributed by atoms with Gasteiger partial charge in [-0.1, -0.05) is 6.07 Å². The Balaban J connectivity index is 1.70. The Labute approximate surface area is 169 Å². The van der Waals surface area contributed by atoms with Crippen LogP contribution >= 0.6 is 0 Å². The summed E-state index contributed by atoms with van der Waals surface area (Å²) in [5.74, 6) is -1.41. The van der Waals surface area contributed by atoms with Crippen LogP contribution in [0.2, 0.25) is 0 Å². The van der Waals surface area contributed by atoms with Gasteiger partial charge < -0.3 is 20.3 Å². The van der Waals surface area contributed by atoms with E-state index in [1.165, 1.54) is 12.1 Å². The molecule has 4 unspecified atom stereocenters. The Kier molecular flexibility index (Phi) is 7.60. The molecule has 0 bridgehead atoms. The lowest BCUT2D eigenvalue weighted by Crippen LogP contribution is -2.36. The minimum absolute atomic E-state index is 0.0505. The SMILES string of the molecule is COCCc1nccc(CC2C(NCc3ccc(F)c(F)c3)CC(O)C2CO)n1. The molecule has 0 amide bonds. The fourth-order valence-electron chi connectivity index (χ4n) is 3.99. The van der Waals surface area contributed by atoms with E-state index in [9.17, 15) is 19.0 Å². The second kappa shape index (κ2) is 10.2. The Morgan fingerprint density at radius 3 is 2.76 bits per heavy atom. The van der Waals surface area contributed by atoms with Crippen LogP contribution in [0, 0.1) is 23.5 Å². The second-order valence-corrected chi connectivity index (χ2v) is 7.46. The lowest BCUT2D eigenvalue weighted by atomic mass is 9.88. The zero-order chi connectivity index (χ0) is 20.8. The summed E-state index contributed by atoms with van der Waals surface area (Å²) < 4.78 is 31.6. The number of aliphatic hydroxyl groups excluding tert-OH is 2. The van der Waals surface area contributed by atoms with Gasteiger partial charge in [0.1, 0.15) is 5.82 Å². The molecule has 1 fully saturated rings. The molecule has 1 heterocycles. The van der Waals surface area contributed by atoms with Crippen LogP contribution in [0.1, 0.15) is 23.5 Å². The number of aromatic nitrogens is 2. The maximum Gasteiger partial charge on any atom is 0.159 e. The van der Waals surface area contributed by atoms with Crippen LogP contribution in [-0.2, 0) is 24.1 Å². The van der Waals surface area contributed by atoms with Crippen molar-refractivity contribution in [2.75, 3.05) is 20.3 Å². The van der Waals surface area contributed by atoms with Crippen molar-refractivity contribution >= 4 is 0 Å². The molecule has 0 radical (unpaired) electrons. The number of hydrogen-bond donors (Lipinski definition) is 3. The van der Waals surface area contributed by atoms with Crippen LogP contribution in [0.15, 0.2) is 30.5 Å². The van der Waals surface area contributed by atoms with Gasteiger partial charge in [-0.3, -0.25) is 0 Å². The van der Waals surface area contributed by atoms with E-state index in [-0.39, 0.29) is 24.5 Å². The molecule has 1 aromatic heterocycles. The predicted octanol–water partition coefficient (Wildman–Crippen LogP) is 1.63. The van der Waals surface area contributed by atoms with Crippen molar-refractivity contribution < 1.29 is 23.7 Å². The summed E-state index contributed by atoms with van der Waals surface area (Å²) in [6.07, 6.45) is 2.72. The second-order valence-electron chi connectivity index (χ2n) is 7.46. The molecular formula is C21H27F2N3O3. The van der Waals surface area contributed by atoms with Gasteiger partial charge in [0.2, 0.25) is 0 Å². The van der Waals surface area contributed by atoms with Crippen LogP contribution in [-0.4, -0.2) is 52.7 Å². The maximum absolute atomic E-state index is 13.5. The molecule has 3 N–H and O–H groups in total. The molecule has 1 aliphatic rings. The van der Waals surface area contributed by atoms with Crippen LogP contribution in [0.25, 0.3) is 0 Å². The van der Waals surface area contributed by atoms with Crippen molar-refractivity contribution in [3.8, 4) is 0 Å². The number of halogens is 2. The number of rotatable bonds is 9. The topological polar surface area (TPSA) is 87.5 Å². The largest absolute Gasteiger partial charge is 0.396 e. The first-order chi connectivity index (χ1) is 14.0. The lowest BCUT2D eigenvalue weighted by molar-refractivity contribution is 0.0716. The summed E-state index contributed by atoms with van der Waals surface area (Å²) in [5, 5.41) is 23.5. The van der Waals surface area contributed by atoms with E-state index in [0.717, 1.165) is 11.8 Å². The molecular weight excluding hydrogens is 380 g/mol. The molecule has 29 heavy (non-hydrogen) atoms. The number of methoxy groups -OCH3 is 1. The van der Waals surface area contributed by atoms with E-state index in [1.54, 1.807) is 13.3 Å². The predicted molar refractivity (Wildman–Crippen MR) is 103 cm³/mol. The molecule has 0 saturated heterocycles. The molecule has 1 saturated carbocycles. The molecule has 1 aromatic carbocycles. The fraction of sp³-hybridized carbons (Fsp3) is 0.524. The molecule has 4 atom stereocenters. The van der Waals surface area contributed by atoms with Crippen molar-refractivity contribution in [3.63, 3.8) is 0 Å². The highest BCUT2D eigenvalue weighted by molar-refractivity contribution is 5.18. The summed E-state index contributed by atoms with van der Waals surface area (Å²) >= 11 is 0. The lowest BCUT2D eigenvalue weighted by Gasteiger charge is -2.25. The Hall–Kier alpha value is -2.00. The summed E-state index contributed by atoms with van der Waals surface area (Å²) in [6.45, 7) is 0.742. The third-order valence-electron chi connectivity index (χ3n) is 5.56. The van der Waals surface area contributed by atoms with E-state index < -0.39 is 17.7 Å². The summed E-state index contributed by atoms with van der Waals surface area (Å²) in [6, 6.07) is 5.54. The first kappa shape index (κ1) is 21.7. The van der Waals surface area contributed by atoms with E-state index in [1.807, 2.05) is 6.07 Å². The highest BCUT2D eigenvalue weighted by Gasteiger charge is 2.42. The van der Waals surface area contributed by atoms with Crippen molar-refractivity contribution in [2.45, 2.75) is 38.0 Å². The van der Waals surface area contributed by atoms with E-state index in [4.69, 9.17) is 4.74 Å². The quantitative estimate of drug-likeness (QED) is 0.586. The summed E-state index contributed by atoms with van der Waals surface area (Å²) in [4.78, 5) is 8.81. The van der Waals surface area contributed by atoms with E-state index in [0.29, 0.717) is 43.8 Å². The minimum Gasteiger partial charge on any atom is -0.396 e. The van der Waals surface area contributed by atoms with Crippen LogP contribution in [0.3, 0.4) is 0 Å². The highest BCUT2D eigenvalue weighted by Crippen LogP contribution is 2.35. The zero-order valence-corrected chi connectivity index (χ0v) is 16.4. The van der Waals surface area contributed by atoms with Gasteiger partial charge in [0.25, 0.3) is 0 Å². The molecule has 6 nitrogen and oxygen atoms in total. The van der Waals surface area contributed by atoms with Crippen molar-refractivity contribution in [3.05, 3.63) is 59.2 Å².